The molecule has 0 bridgehead atoms. The van der Waals surface area contributed by atoms with E-state index < -0.39 is 17.8 Å². The molecule has 17 nitrogen and oxygen atoms in total. The summed E-state index contributed by atoms with van der Waals surface area (Å²) in [5.74, 6) is 1.62. The Kier molecular flexibility index (Phi) is 41.6. The van der Waals surface area contributed by atoms with Gasteiger partial charge in [-0.25, -0.2) is 0 Å². The van der Waals surface area contributed by atoms with Crippen molar-refractivity contribution in [3.8, 4) is 34.5 Å². The zero-order chi connectivity index (χ0) is 75.6. The summed E-state index contributed by atoms with van der Waals surface area (Å²) in [4.78, 5) is 78.3. The number of ketones is 3. The summed E-state index contributed by atoms with van der Waals surface area (Å²) >= 11 is 7.17. The number of anilines is 2. The summed E-state index contributed by atoms with van der Waals surface area (Å²) < 4.78 is 50.9. The van der Waals surface area contributed by atoms with E-state index in [9.17, 15) is 28.8 Å². The molecule has 0 heterocycles. The van der Waals surface area contributed by atoms with Crippen LogP contribution in [0.5, 0.6) is 34.5 Å². The minimum absolute atomic E-state index is 0.0818. The van der Waals surface area contributed by atoms with Gasteiger partial charge < -0.3 is 54.1 Å². The molecule has 6 aromatic carbocycles. The van der Waals surface area contributed by atoms with Crippen molar-refractivity contribution >= 4 is 78.5 Å². The van der Waals surface area contributed by atoms with Crippen molar-refractivity contribution in [2.24, 2.45) is 35.5 Å². The van der Waals surface area contributed by atoms with Gasteiger partial charge in [-0.3, -0.25) is 28.8 Å². The quantitative estimate of drug-likeness (QED) is 0.0205. The van der Waals surface area contributed by atoms with Gasteiger partial charge in [0.05, 0.1) is 97.5 Å². The third-order valence-corrected chi connectivity index (χ3v) is 18.3. The summed E-state index contributed by atoms with van der Waals surface area (Å²) in [7, 11) is 0. The summed E-state index contributed by atoms with van der Waals surface area (Å²) in [6.07, 6.45) is 8.53. The lowest BCUT2D eigenvalue weighted by molar-refractivity contribution is -0.150. The van der Waals surface area contributed by atoms with Crippen LogP contribution in [0.25, 0.3) is 0 Å². The Bertz CT molecular complexity index is 3340. The minimum atomic E-state index is -0.518. The van der Waals surface area contributed by atoms with E-state index >= 15 is 0 Å². The van der Waals surface area contributed by atoms with Gasteiger partial charge in [0.2, 0.25) is 0 Å². The molecule has 19 heteroatoms. The van der Waals surface area contributed by atoms with Crippen molar-refractivity contribution in [3.05, 3.63) is 164 Å². The van der Waals surface area contributed by atoms with Crippen LogP contribution in [0.2, 0.25) is 0 Å². The molecule has 0 aliphatic heterocycles. The molecule has 0 aromatic heterocycles. The van der Waals surface area contributed by atoms with Crippen molar-refractivity contribution in [3.63, 3.8) is 0 Å². The Labute approximate surface area is 630 Å². The second kappa shape index (κ2) is 48.9. The topological polar surface area (TPSA) is 238 Å². The van der Waals surface area contributed by atoms with Gasteiger partial charge in [-0.05, 0) is 258 Å². The molecule has 0 aliphatic rings. The van der Waals surface area contributed by atoms with Crippen LogP contribution in [-0.4, -0.2) is 94.7 Å². The zero-order valence-corrected chi connectivity index (χ0v) is 66.2. The van der Waals surface area contributed by atoms with Crippen molar-refractivity contribution < 1.29 is 71.4 Å². The van der Waals surface area contributed by atoms with Crippen LogP contribution in [-0.2, 0) is 81.5 Å². The van der Waals surface area contributed by atoms with Crippen LogP contribution in [0.1, 0.15) is 174 Å². The summed E-state index contributed by atoms with van der Waals surface area (Å²) in [6, 6.07) is 38.4. The maximum atomic E-state index is 13.4. The Hall–Kier alpha value is -7.90. The van der Waals surface area contributed by atoms with Gasteiger partial charge in [0, 0.05) is 37.0 Å². The maximum absolute atomic E-state index is 13.4. The highest BCUT2D eigenvalue weighted by molar-refractivity contribution is 9.11. The van der Waals surface area contributed by atoms with E-state index in [1.165, 1.54) is 0 Å². The van der Waals surface area contributed by atoms with Crippen molar-refractivity contribution in [2.45, 2.75) is 179 Å². The normalized spacial score (nSPS) is 12.6. The Balaban J connectivity index is 0.000000327. The average Bonchev–Trinajstić information content (AvgIpc) is 0.846. The van der Waals surface area contributed by atoms with Crippen molar-refractivity contribution in [2.75, 3.05) is 70.9 Å². The van der Waals surface area contributed by atoms with Gasteiger partial charge in [0.25, 0.3) is 0 Å². The number of rotatable bonds is 45. The Morgan fingerprint density at radius 2 is 0.573 bits per heavy atom. The lowest BCUT2D eigenvalue weighted by Crippen LogP contribution is -2.27. The lowest BCUT2D eigenvalue weighted by atomic mass is 9.85. The monoisotopic (exact) mass is 1550 g/mol. The number of esters is 3. The fourth-order valence-corrected chi connectivity index (χ4v) is 13.8. The number of carbonyl (C=O) groups is 6. The number of hydrogen-bond acceptors (Lipinski definition) is 17. The Morgan fingerprint density at radius 1 is 0.311 bits per heavy atom. The van der Waals surface area contributed by atoms with Crippen LogP contribution in [0.3, 0.4) is 0 Å². The minimum Gasteiger partial charge on any atom is -0.494 e. The predicted molar refractivity (Wildman–Crippen MR) is 417 cm³/mol. The third kappa shape index (κ3) is 31.1. The molecule has 103 heavy (non-hydrogen) atoms. The standard InChI is InChI=1S/C28H36Br2O5.2C28H39NO5/c1-5-9-21(15-20-16-24(29)27(34-7-3)25(30)17-20)26(31)18-22(28(32)35-8-4)14-19-10-12-23(13-11-19)33-6-2;2*1-5-9-22(17-21-12-15-27(33-7-3)25(29)18-21)26(30)19-23(28(31)34-8-4)16-20-10-13-24(14-11-20)32-6-2/h10-13,16-17,21-22H,5-9,14-15,18H2,1-4H3;2*10-15,18,22-23H,5-9,16-17,19,29H2,1-4H3. The number of benzene rings is 6. The van der Waals surface area contributed by atoms with E-state index in [0.29, 0.717) is 108 Å². The fourth-order valence-electron chi connectivity index (χ4n) is 12.3. The highest BCUT2D eigenvalue weighted by Gasteiger charge is 2.32. The molecule has 0 radical (unpaired) electrons. The number of halogens is 2. The Morgan fingerprint density at radius 3 is 0.825 bits per heavy atom. The number of hydrogen-bond donors (Lipinski definition) is 2. The van der Waals surface area contributed by atoms with Crippen molar-refractivity contribution in [1.82, 2.24) is 0 Å². The number of carbonyl (C=O) groups excluding carboxylic acids is 6. The summed E-state index contributed by atoms with van der Waals surface area (Å²) in [6.45, 7) is 27.4. The third-order valence-electron chi connectivity index (χ3n) is 17.2. The highest BCUT2D eigenvalue weighted by atomic mass is 79.9. The largest absolute Gasteiger partial charge is 0.494 e. The van der Waals surface area contributed by atoms with E-state index in [4.69, 9.17) is 54.1 Å². The van der Waals surface area contributed by atoms with E-state index in [1.807, 2.05) is 163 Å². The van der Waals surface area contributed by atoms with Crippen LogP contribution >= 0.6 is 31.9 Å². The summed E-state index contributed by atoms with van der Waals surface area (Å²) in [5.41, 5.74) is 19.3. The first-order valence-electron chi connectivity index (χ1n) is 37.0. The molecule has 0 fully saturated rings. The van der Waals surface area contributed by atoms with E-state index in [-0.39, 0.29) is 85.5 Å². The number of nitrogens with two attached hydrogens (primary N) is 2. The molecular formula is C84H114Br2N2O15. The van der Waals surface area contributed by atoms with E-state index in [0.717, 1.165) is 104 Å². The number of nitrogen functional groups attached to an aromatic ring is 2. The molecule has 0 amide bonds. The first-order chi connectivity index (χ1) is 49.6. The van der Waals surface area contributed by atoms with E-state index in [1.54, 1.807) is 20.8 Å². The van der Waals surface area contributed by atoms with Gasteiger partial charge in [0.1, 0.15) is 51.8 Å². The molecule has 0 aliphatic carbocycles. The molecule has 6 atom stereocenters. The molecule has 0 spiro atoms. The molecule has 4 N–H and O–H groups in total. The van der Waals surface area contributed by atoms with Crippen LogP contribution in [0.15, 0.2) is 130 Å². The van der Waals surface area contributed by atoms with Gasteiger partial charge in [-0.15, -0.1) is 0 Å². The smallest absolute Gasteiger partial charge is 0.309 e. The first-order valence-corrected chi connectivity index (χ1v) is 38.6. The van der Waals surface area contributed by atoms with E-state index in [2.05, 4.69) is 52.6 Å². The van der Waals surface area contributed by atoms with Gasteiger partial charge in [-0.2, -0.15) is 0 Å². The van der Waals surface area contributed by atoms with Crippen LogP contribution in [0, 0.1) is 35.5 Å². The van der Waals surface area contributed by atoms with Gasteiger partial charge in [-0.1, -0.05) is 88.6 Å². The fraction of sp³-hybridized carbons (Fsp3) is 0.500. The molecule has 0 saturated heterocycles. The second-order valence-electron chi connectivity index (χ2n) is 25.2. The zero-order valence-electron chi connectivity index (χ0n) is 63.0. The number of ether oxygens (including phenoxy) is 9. The van der Waals surface area contributed by atoms with Crippen LogP contribution < -0.4 is 39.9 Å². The SMILES string of the molecule is CCCC(Cc1cc(Br)c(OCC)c(Br)c1)C(=O)CC(Cc1ccc(OCC)cc1)C(=O)OCC.CCCC(Cc1ccc(OCC)c(N)c1)C(=O)CC(Cc1ccc(OCC)cc1)C(=O)OCC.CCCC(Cc1ccc(OCC)c(N)c1)C(=O)CC(Cc1ccc(OCC)cc1)C(=O)OCC. The molecule has 6 aromatic rings. The van der Waals surface area contributed by atoms with Gasteiger partial charge >= 0.3 is 17.9 Å². The first kappa shape index (κ1) is 87.5. The highest BCUT2D eigenvalue weighted by Crippen LogP contribution is 2.37. The second-order valence-corrected chi connectivity index (χ2v) is 26.9. The van der Waals surface area contributed by atoms with Gasteiger partial charge in [0.15, 0.2) is 0 Å². The van der Waals surface area contributed by atoms with Crippen molar-refractivity contribution in [1.29, 1.82) is 0 Å². The molecular weight excluding hydrogens is 1440 g/mol. The molecule has 564 valence electrons. The molecule has 0 saturated carbocycles. The maximum Gasteiger partial charge on any atom is 0.309 e. The number of Topliss-reactive ketones (excluding diaryl/α,β-unsaturated/α-hetero) is 3. The lowest BCUT2D eigenvalue weighted by Gasteiger charge is -2.20. The van der Waals surface area contributed by atoms with Crippen LogP contribution in [0.4, 0.5) is 11.4 Å². The molecule has 6 rings (SSSR count). The average molecular weight is 1550 g/mol. The molecule has 6 unspecified atom stereocenters. The summed E-state index contributed by atoms with van der Waals surface area (Å²) in [5, 5.41) is 0. The predicted octanol–water partition coefficient (Wildman–Crippen LogP) is 18.2.